The molecule has 0 bridgehead atoms. The van der Waals surface area contributed by atoms with Crippen molar-refractivity contribution in [3.8, 4) is 5.75 Å². The summed E-state index contributed by atoms with van der Waals surface area (Å²) in [6, 6.07) is 5.29. The van der Waals surface area contributed by atoms with Crippen LogP contribution >= 0.6 is 0 Å². The largest absolute Gasteiger partial charge is 0.508 e. The van der Waals surface area contributed by atoms with Crippen LogP contribution in [0.25, 0.3) is 0 Å². The lowest BCUT2D eigenvalue weighted by molar-refractivity contribution is -0.151. The van der Waals surface area contributed by atoms with Crippen LogP contribution in [0.1, 0.15) is 24.4 Å². The quantitative estimate of drug-likeness (QED) is 0.728. The zero-order valence-electron chi connectivity index (χ0n) is 13.2. The predicted molar refractivity (Wildman–Crippen MR) is 85.1 cm³/mol. The van der Waals surface area contributed by atoms with Gasteiger partial charge in [0.15, 0.2) is 0 Å². The Morgan fingerprint density at radius 1 is 1.46 bits per heavy atom. The molecule has 3 atom stereocenters. The molecule has 0 aliphatic carbocycles. The summed E-state index contributed by atoms with van der Waals surface area (Å²) in [5.41, 5.74) is 0.870. The molecule has 2 amide bonds. The van der Waals surface area contributed by atoms with Gasteiger partial charge in [-0.25, -0.2) is 4.79 Å². The zero-order valence-corrected chi connectivity index (χ0v) is 13.2. The highest BCUT2D eigenvalue weighted by Gasteiger charge is 2.39. The first-order valence-corrected chi connectivity index (χ1v) is 7.88. The SMILES string of the molecule is C=C1NC(=O)NC(c2cccc(O)c2)C1C(=O)OCC1CCCO1. The van der Waals surface area contributed by atoms with Gasteiger partial charge >= 0.3 is 12.0 Å². The highest BCUT2D eigenvalue weighted by Crippen LogP contribution is 2.32. The van der Waals surface area contributed by atoms with Gasteiger partial charge in [0.05, 0.1) is 12.1 Å². The van der Waals surface area contributed by atoms with Gasteiger partial charge in [0.2, 0.25) is 0 Å². The summed E-state index contributed by atoms with van der Waals surface area (Å²) >= 11 is 0. The monoisotopic (exact) mass is 332 g/mol. The van der Waals surface area contributed by atoms with E-state index in [-0.39, 0.29) is 24.2 Å². The Hall–Kier alpha value is -2.54. The minimum atomic E-state index is -0.786. The number of esters is 1. The maximum absolute atomic E-state index is 12.5. The van der Waals surface area contributed by atoms with Crippen LogP contribution < -0.4 is 10.6 Å². The second-order valence-corrected chi connectivity index (χ2v) is 5.94. The summed E-state index contributed by atoms with van der Waals surface area (Å²) in [5.74, 6) is -1.22. The van der Waals surface area contributed by atoms with Gasteiger partial charge in [-0.05, 0) is 30.5 Å². The standard InChI is InChI=1S/C17H20N2O5/c1-10-14(16(21)24-9-13-6-3-7-23-13)15(19-17(22)18-10)11-4-2-5-12(20)8-11/h2,4-5,8,13-15,20H,1,3,6-7,9H2,(H2,18,19,22). The summed E-state index contributed by atoms with van der Waals surface area (Å²) in [6.07, 6.45) is 1.75. The van der Waals surface area contributed by atoms with Gasteiger partial charge in [0.25, 0.3) is 0 Å². The molecule has 0 radical (unpaired) electrons. The van der Waals surface area contributed by atoms with Crippen LogP contribution in [0.5, 0.6) is 5.75 Å². The Labute approximate surface area is 139 Å². The Bertz CT molecular complexity index is 654. The molecule has 24 heavy (non-hydrogen) atoms. The Balaban J connectivity index is 1.77. The molecule has 0 spiro atoms. The van der Waals surface area contributed by atoms with Crippen molar-refractivity contribution in [2.45, 2.75) is 25.0 Å². The van der Waals surface area contributed by atoms with Gasteiger partial charge in [-0.3, -0.25) is 4.79 Å². The third kappa shape index (κ3) is 3.51. The number of carbonyl (C=O) groups is 2. The van der Waals surface area contributed by atoms with E-state index in [9.17, 15) is 14.7 Å². The molecule has 2 aliphatic heterocycles. The second-order valence-electron chi connectivity index (χ2n) is 5.94. The number of phenols is 1. The van der Waals surface area contributed by atoms with Crippen LogP contribution in [0.15, 0.2) is 36.5 Å². The molecule has 2 aliphatic rings. The highest BCUT2D eigenvalue weighted by atomic mass is 16.6. The smallest absolute Gasteiger partial charge is 0.319 e. The summed E-state index contributed by atoms with van der Waals surface area (Å²) < 4.78 is 10.8. The first-order chi connectivity index (χ1) is 11.5. The maximum Gasteiger partial charge on any atom is 0.319 e. The van der Waals surface area contributed by atoms with Gasteiger partial charge in [0, 0.05) is 12.3 Å². The molecular weight excluding hydrogens is 312 g/mol. The number of carbonyl (C=O) groups excluding carboxylic acids is 2. The highest BCUT2D eigenvalue weighted by molar-refractivity contribution is 5.85. The predicted octanol–water partition coefficient (Wildman–Crippen LogP) is 1.60. The average molecular weight is 332 g/mol. The topological polar surface area (TPSA) is 96.9 Å². The summed E-state index contributed by atoms with van der Waals surface area (Å²) in [6.45, 7) is 4.64. The number of amides is 2. The number of phenolic OH excluding ortho intramolecular Hbond substituents is 1. The van der Waals surface area contributed by atoms with Crippen molar-refractivity contribution in [2.75, 3.05) is 13.2 Å². The molecule has 1 aromatic carbocycles. The lowest BCUT2D eigenvalue weighted by atomic mass is 9.89. The van der Waals surface area contributed by atoms with E-state index in [2.05, 4.69) is 17.2 Å². The second kappa shape index (κ2) is 6.92. The van der Waals surface area contributed by atoms with Gasteiger partial charge in [0.1, 0.15) is 18.3 Å². The fourth-order valence-corrected chi connectivity index (χ4v) is 3.00. The summed E-state index contributed by atoms with van der Waals surface area (Å²) in [7, 11) is 0. The Morgan fingerprint density at radius 3 is 3.00 bits per heavy atom. The van der Waals surface area contributed by atoms with Crippen LogP contribution in [0.3, 0.4) is 0 Å². The van der Waals surface area contributed by atoms with Crippen LogP contribution in [0.2, 0.25) is 0 Å². The molecule has 2 heterocycles. The van der Waals surface area contributed by atoms with E-state index in [1.807, 2.05) is 0 Å². The lowest BCUT2D eigenvalue weighted by Crippen LogP contribution is -2.51. The number of rotatable bonds is 4. The van der Waals surface area contributed by atoms with Gasteiger partial charge in [-0.2, -0.15) is 0 Å². The molecule has 0 aromatic heterocycles. The molecule has 7 nitrogen and oxygen atoms in total. The van der Waals surface area contributed by atoms with E-state index in [0.29, 0.717) is 12.2 Å². The van der Waals surface area contributed by atoms with Crippen molar-refractivity contribution in [2.24, 2.45) is 5.92 Å². The first kappa shape index (κ1) is 16.3. The fourth-order valence-electron chi connectivity index (χ4n) is 3.00. The van der Waals surface area contributed by atoms with E-state index in [4.69, 9.17) is 9.47 Å². The molecular formula is C17H20N2O5. The molecule has 0 saturated carbocycles. The molecule has 3 rings (SSSR count). The maximum atomic E-state index is 12.5. The van der Waals surface area contributed by atoms with E-state index in [1.165, 1.54) is 12.1 Å². The first-order valence-electron chi connectivity index (χ1n) is 7.88. The van der Waals surface area contributed by atoms with Crippen LogP contribution in [-0.4, -0.2) is 36.4 Å². The molecule has 3 unspecified atom stereocenters. The number of benzene rings is 1. The number of aromatic hydroxyl groups is 1. The molecule has 128 valence electrons. The van der Waals surface area contributed by atoms with E-state index >= 15 is 0 Å². The summed E-state index contributed by atoms with van der Waals surface area (Å²) in [4.78, 5) is 24.3. The zero-order chi connectivity index (χ0) is 17.1. The van der Waals surface area contributed by atoms with Crippen molar-refractivity contribution < 1.29 is 24.2 Å². The van der Waals surface area contributed by atoms with Crippen molar-refractivity contribution in [3.63, 3.8) is 0 Å². The molecule has 3 N–H and O–H groups in total. The van der Waals surface area contributed by atoms with Gasteiger partial charge in [-0.1, -0.05) is 18.7 Å². The summed E-state index contributed by atoms with van der Waals surface area (Å²) in [5, 5.41) is 14.9. The van der Waals surface area contributed by atoms with Crippen molar-refractivity contribution in [1.29, 1.82) is 0 Å². The molecule has 2 saturated heterocycles. The fraction of sp³-hybridized carbons (Fsp3) is 0.412. The molecule has 2 fully saturated rings. The van der Waals surface area contributed by atoms with E-state index in [1.54, 1.807) is 12.1 Å². The normalized spacial score (nSPS) is 26.6. The van der Waals surface area contributed by atoms with Gasteiger partial charge < -0.3 is 25.2 Å². The van der Waals surface area contributed by atoms with Crippen molar-refractivity contribution in [3.05, 3.63) is 42.1 Å². The Kier molecular flexibility index (Phi) is 4.71. The minimum Gasteiger partial charge on any atom is -0.508 e. The number of hydrogen-bond acceptors (Lipinski definition) is 5. The number of urea groups is 1. The molecule has 1 aromatic rings. The number of hydrogen-bond donors (Lipinski definition) is 3. The third-order valence-electron chi connectivity index (χ3n) is 4.19. The average Bonchev–Trinajstić information content (AvgIpc) is 3.05. The van der Waals surface area contributed by atoms with E-state index in [0.717, 1.165) is 12.8 Å². The number of nitrogens with one attached hydrogen (secondary N) is 2. The van der Waals surface area contributed by atoms with Crippen molar-refractivity contribution >= 4 is 12.0 Å². The minimum absolute atomic E-state index is 0.0531. The molecule has 7 heteroatoms. The Morgan fingerprint density at radius 2 is 2.29 bits per heavy atom. The van der Waals surface area contributed by atoms with Gasteiger partial charge in [-0.15, -0.1) is 0 Å². The van der Waals surface area contributed by atoms with Crippen molar-refractivity contribution in [1.82, 2.24) is 10.6 Å². The third-order valence-corrected chi connectivity index (χ3v) is 4.19. The van der Waals surface area contributed by atoms with E-state index < -0.39 is 24.0 Å². The van der Waals surface area contributed by atoms with Crippen LogP contribution in [-0.2, 0) is 14.3 Å². The number of ether oxygens (including phenoxy) is 2. The van der Waals surface area contributed by atoms with Crippen LogP contribution in [0, 0.1) is 5.92 Å². The lowest BCUT2D eigenvalue weighted by Gasteiger charge is -2.33. The van der Waals surface area contributed by atoms with Crippen LogP contribution in [0.4, 0.5) is 4.79 Å².